The van der Waals surface area contributed by atoms with Crippen molar-refractivity contribution in [1.29, 1.82) is 0 Å². The molecule has 3 heterocycles. The summed E-state index contributed by atoms with van der Waals surface area (Å²) in [7, 11) is 1.65. The highest BCUT2D eigenvalue weighted by molar-refractivity contribution is 5.93. The van der Waals surface area contributed by atoms with Gasteiger partial charge in [0.25, 0.3) is 5.91 Å². The first-order valence-corrected chi connectivity index (χ1v) is 11.1. The molecule has 0 radical (unpaired) electrons. The van der Waals surface area contributed by atoms with Crippen LogP contribution in [-0.4, -0.2) is 51.9 Å². The van der Waals surface area contributed by atoms with Crippen molar-refractivity contribution in [2.45, 2.75) is 69.0 Å². The lowest BCUT2D eigenvalue weighted by molar-refractivity contribution is -0.138. The minimum Gasteiger partial charge on any atom is -0.497 e. The number of hydrogen-bond donors (Lipinski definition) is 1. The van der Waals surface area contributed by atoms with E-state index in [0.29, 0.717) is 5.69 Å². The van der Waals surface area contributed by atoms with Crippen LogP contribution in [0.25, 0.3) is 0 Å². The molecule has 2 aliphatic heterocycles. The van der Waals surface area contributed by atoms with Gasteiger partial charge in [0, 0.05) is 24.3 Å². The molecule has 2 unspecified atom stereocenters. The van der Waals surface area contributed by atoms with Gasteiger partial charge in [-0.3, -0.25) is 14.6 Å². The van der Waals surface area contributed by atoms with Crippen LogP contribution in [0.2, 0.25) is 0 Å². The average Bonchev–Trinajstić information content (AvgIpc) is 3.55. The van der Waals surface area contributed by atoms with E-state index in [4.69, 9.17) is 4.74 Å². The molecule has 3 aliphatic rings. The Morgan fingerprint density at radius 1 is 1.06 bits per heavy atom. The third-order valence-corrected chi connectivity index (χ3v) is 7.12. The number of amides is 2. The second-order valence-electron chi connectivity index (χ2n) is 9.09. The molecule has 0 spiro atoms. The minimum absolute atomic E-state index is 0.0632. The number of rotatable bonds is 5. The van der Waals surface area contributed by atoms with Crippen LogP contribution in [0.5, 0.6) is 5.75 Å². The van der Waals surface area contributed by atoms with Crippen molar-refractivity contribution in [2.75, 3.05) is 7.11 Å². The van der Waals surface area contributed by atoms with Crippen LogP contribution in [0.1, 0.15) is 60.3 Å². The molecule has 1 N–H and O–H groups in total. The van der Waals surface area contributed by atoms with Gasteiger partial charge in [-0.1, -0.05) is 12.1 Å². The lowest BCUT2D eigenvalue weighted by Gasteiger charge is -2.41. The Morgan fingerprint density at radius 2 is 1.74 bits per heavy atom. The molecule has 7 nitrogen and oxygen atoms in total. The van der Waals surface area contributed by atoms with Crippen molar-refractivity contribution in [3.8, 4) is 5.75 Å². The number of carbonyl (C=O) groups is 2. The van der Waals surface area contributed by atoms with Crippen LogP contribution in [0.3, 0.4) is 0 Å². The number of fused-ring (bicyclic) bond motifs is 2. The normalized spacial score (nSPS) is 25.7. The number of benzene rings is 1. The molecule has 5 rings (SSSR count). The Labute approximate surface area is 182 Å². The number of aryl methyl sites for hydroxylation is 1. The Kier molecular flexibility index (Phi) is 4.91. The van der Waals surface area contributed by atoms with Gasteiger partial charge in [-0.2, -0.15) is 0 Å². The first-order valence-electron chi connectivity index (χ1n) is 11.1. The number of carbonyl (C=O) groups excluding carboxylic acids is 2. The van der Waals surface area contributed by atoms with Gasteiger partial charge in [-0.25, -0.2) is 4.98 Å². The highest BCUT2D eigenvalue weighted by Gasteiger charge is 2.57. The van der Waals surface area contributed by atoms with Gasteiger partial charge in [0.2, 0.25) is 5.91 Å². The van der Waals surface area contributed by atoms with E-state index < -0.39 is 0 Å². The highest BCUT2D eigenvalue weighted by atomic mass is 16.5. The molecular weight excluding hydrogens is 392 g/mol. The SMILES string of the molecule is COc1ccc(C2(C(=O)N3C4CCC3CC(NC(=O)c3cnc(C)cn3)C4)CC2)cc1. The summed E-state index contributed by atoms with van der Waals surface area (Å²) in [6.45, 7) is 1.84. The highest BCUT2D eigenvalue weighted by Crippen LogP contribution is 2.52. The summed E-state index contributed by atoms with van der Waals surface area (Å²) in [6.07, 6.45) is 8.54. The Bertz CT molecular complexity index is 971. The molecule has 162 valence electrons. The van der Waals surface area contributed by atoms with Gasteiger partial charge in [-0.15, -0.1) is 0 Å². The van der Waals surface area contributed by atoms with Gasteiger partial charge in [0.1, 0.15) is 11.4 Å². The van der Waals surface area contributed by atoms with E-state index in [1.165, 1.54) is 6.20 Å². The van der Waals surface area contributed by atoms with Gasteiger partial charge >= 0.3 is 0 Å². The van der Waals surface area contributed by atoms with Gasteiger partial charge < -0.3 is 15.0 Å². The molecule has 1 saturated carbocycles. The third-order valence-electron chi connectivity index (χ3n) is 7.12. The van der Waals surface area contributed by atoms with Gasteiger partial charge in [0.15, 0.2) is 0 Å². The molecule has 31 heavy (non-hydrogen) atoms. The fraction of sp³-hybridized carbons (Fsp3) is 0.500. The molecule has 7 heteroatoms. The van der Waals surface area contributed by atoms with Crippen LogP contribution in [0.15, 0.2) is 36.7 Å². The quantitative estimate of drug-likeness (QED) is 0.804. The fourth-order valence-electron chi connectivity index (χ4n) is 5.30. The topological polar surface area (TPSA) is 84.4 Å². The molecule has 1 aromatic heterocycles. The molecule has 3 fully saturated rings. The lowest BCUT2D eigenvalue weighted by Crippen LogP contribution is -2.54. The minimum atomic E-state index is -0.374. The summed E-state index contributed by atoms with van der Waals surface area (Å²) in [4.78, 5) is 36.7. The van der Waals surface area contributed by atoms with E-state index >= 15 is 0 Å². The van der Waals surface area contributed by atoms with Gasteiger partial charge in [0.05, 0.1) is 24.4 Å². The van der Waals surface area contributed by atoms with E-state index in [1.807, 2.05) is 31.2 Å². The monoisotopic (exact) mass is 420 g/mol. The number of ether oxygens (including phenoxy) is 1. The smallest absolute Gasteiger partial charge is 0.271 e. The second kappa shape index (κ2) is 7.62. The molecule has 1 aliphatic carbocycles. The first kappa shape index (κ1) is 20.0. The summed E-state index contributed by atoms with van der Waals surface area (Å²) in [5.41, 5.74) is 1.84. The number of piperidine rings is 1. The number of aromatic nitrogens is 2. The average molecular weight is 421 g/mol. The van der Waals surface area contributed by atoms with Crippen LogP contribution in [0.4, 0.5) is 0 Å². The zero-order valence-electron chi connectivity index (χ0n) is 18.0. The molecule has 2 aromatic rings. The molecular formula is C24H28N4O3. The van der Waals surface area contributed by atoms with Gasteiger partial charge in [-0.05, 0) is 63.1 Å². The Morgan fingerprint density at radius 3 is 2.29 bits per heavy atom. The van der Waals surface area contributed by atoms with Crippen molar-refractivity contribution in [2.24, 2.45) is 0 Å². The van der Waals surface area contributed by atoms with Crippen molar-refractivity contribution in [3.05, 3.63) is 53.6 Å². The van der Waals surface area contributed by atoms with Crippen molar-refractivity contribution in [1.82, 2.24) is 20.2 Å². The third kappa shape index (κ3) is 3.56. The van der Waals surface area contributed by atoms with Crippen molar-refractivity contribution >= 4 is 11.8 Å². The van der Waals surface area contributed by atoms with E-state index in [1.54, 1.807) is 13.3 Å². The maximum Gasteiger partial charge on any atom is 0.271 e. The molecule has 1 aromatic carbocycles. The van der Waals surface area contributed by atoms with E-state index in [2.05, 4.69) is 20.2 Å². The largest absolute Gasteiger partial charge is 0.497 e. The molecule has 2 amide bonds. The lowest BCUT2D eigenvalue weighted by atomic mass is 9.90. The molecule has 2 atom stereocenters. The zero-order valence-corrected chi connectivity index (χ0v) is 18.0. The summed E-state index contributed by atoms with van der Waals surface area (Å²) in [5.74, 6) is 0.884. The second-order valence-corrected chi connectivity index (χ2v) is 9.09. The summed E-state index contributed by atoms with van der Waals surface area (Å²) in [5, 5.41) is 3.12. The Balaban J connectivity index is 1.27. The van der Waals surface area contributed by atoms with Crippen LogP contribution in [-0.2, 0) is 10.2 Å². The number of nitrogens with one attached hydrogen (secondary N) is 1. The maximum absolute atomic E-state index is 13.7. The first-order chi connectivity index (χ1) is 15.0. The summed E-state index contributed by atoms with van der Waals surface area (Å²) >= 11 is 0. The number of nitrogens with zero attached hydrogens (tertiary/aromatic N) is 3. The van der Waals surface area contributed by atoms with Crippen LogP contribution >= 0.6 is 0 Å². The number of hydrogen-bond acceptors (Lipinski definition) is 5. The fourth-order valence-corrected chi connectivity index (χ4v) is 5.30. The summed E-state index contributed by atoms with van der Waals surface area (Å²) < 4.78 is 5.27. The predicted octanol–water partition coefficient (Wildman–Crippen LogP) is 2.78. The van der Waals surface area contributed by atoms with Crippen molar-refractivity contribution in [3.63, 3.8) is 0 Å². The van der Waals surface area contributed by atoms with Crippen LogP contribution < -0.4 is 10.1 Å². The maximum atomic E-state index is 13.7. The molecule has 2 saturated heterocycles. The summed E-state index contributed by atoms with van der Waals surface area (Å²) in [6, 6.07) is 8.38. The van der Waals surface area contributed by atoms with E-state index in [9.17, 15) is 9.59 Å². The zero-order chi connectivity index (χ0) is 21.6. The molecule has 2 bridgehead atoms. The van der Waals surface area contributed by atoms with E-state index in [0.717, 1.165) is 55.5 Å². The van der Waals surface area contributed by atoms with Crippen molar-refractivity contribution < 1.29 is 14.3 Å². The van der Waals surface area contributed by atoms with E-state index in [-0.39, 0.29) is 35.4 Å². The Hall–Kier alpha value is -2.96. The van der Waals surface area contributed by atoms with Crippen LogP contribution in [0, 0.1) is 6.92 Å². The predicted molar refractivity (Wildman–Crippen MR) is 115 cm³/mol. The number of methoxy groups -OCH3 is 1. The standard InChI is InChI=1S/C24H28N4O3/c1-15-13-26-21(14-25-15)22(29)27-17-11-18-5-6-19(12-17)28(18)23(30)24(9-10-24)16-3-7-20(31-2)8-4-16/h3-4,7-8,13-14,17-19H,5-6,9-12H2,1-2H3,(H,27,29).